The first-order valence-electron chi connectivity index (χ1n) is 9.10. The van der Waals surface area contributed by atoms with Gasteiger partial charge in [-0.15, -0.1) is 0 Å². The molecular formula is C20H28O2. The Morgan fingerprint density at radius 2 is 2.23 bits per heavy atom. The lowest BCUT2D eigenvalue weighted by Gasteiger charge is -2.49. The Bertz CT molecular complexity index is 530. The number of aliphatic hydroxyl groups excluding tert-OH is 1. The van der Waals surface area contributed by atoms with Crippen LogP contribution in [0.25, 0.3) is 0 Å². The molecule has 0 bridgehead atoms. The second kappa shape index (κ2) is 5.65. The molecule has 1 N–H and O–H groups in total. The highest BCUT2D eigenvalue weighted by Crippen LogP contribution is 2.56. The van der Waals surface area contributed by atoms with E-state index in [1.54, 1.807) is 5.57 Å². The fourth-order valence-electron chi connectivity index (χ4n) is 5.59. The molecule has 0 aliphatic heterocycles. The topological polar surface area (TPSA) is 29.5 Å². The molecule has 4 aliphatic carbocycles. The highest BCUT2D eigenvalue weighted by Gasteiger charge is 2.47. The largest absolute Gasteiger partial charge is 0.395 e. The van der Waals surface area contributed by atoms with Gasteiger partial charge in [0.05, 0.1) is 12.7 Å². The maximum atomic E-state index is 9.93. The van der Waals surface area contributed by atoms with Crippen LogP contribution in [-0.4, -0.2) is 24.4 Å². The molecule has 2 nitrogen and oxygen atoms in total. The highest BCUT2D eigenvalue weighted by molar-refractivity contribution is 5.51. The van der Waals surface area contributed by atoms with Gasteiger partial charge in [-0.25, -0.2) is 0 Å². The molecule has 0 aromatic heterocycles. The van der Waals surface area contributed by atoms with Gasteiger partial charge in [0.1, 0.15) is 0 Å². The van der Waals surface area contributed by atoms with Crippen molar-refractivity contribution in [1.82, 2.24) is 0 Å². The Morgan fingerprint density at radius 3 is 3.05 bits per heavy atom. The molecule has 0 radical (unpaired) electrons. The summed E-state index contributed by atoms with van der Waals surface area (Å²) in [5, 5.41) is 9.93. The number of aliphatic hydroxyl groups is 1. The third-order valence-electron chi connectivity index (χ3n) is 6.66. The number of hydrogen-bond donors (Lipinski definition) is 1. The number of hydrogen-bond acceptors (Lipinski definition) is 2. The van der Waals surface area contributed by atoms with Crippen molar-refractivity contribution in [3.63, 3.8) is 0 Å². The number of fused-ring (bicyclic) bond motifs is 5. The van der Waals surface area contributed by atoms with Crippen molar-refractivity contribution in [2.45, 2.75) is 51.6 Å². The van der Waals surface area contributed by atoms with Gasteiger partial charge in [-0.2, -0.15) is 0 Å². The van der Waals surface area contributed by atoms with Crippen LogP contribution in [0, 0.1) is 23.2 Å². The zero-order valence-corrected chi connectivity index (χ0v) is 13.6. The quantitative estimate of drug-likeness (QED) is 0.853. The fourth-order valence-corrected chi connectivity index (χ4v) is 5.59. The molecule has 0 aromatic rings. The van der Waals surface area contributed by atoms with Gasteiger partial charge >= 0.3 is 0 Å². The van der Waals surface area contributed by atoms with E-state index in [-0.39, 0.29) is 12.0 Å². The average Bonchev–Trinajstić information content (AvgIpc) is 2.99. The van der Waals surface area contributed by atoms with Crippen LogP contribution in [0.15, 0.2) is 35.5 Å². The maximum absolute atomic E-state index is 9.93. The van der Waals surface area contributed by atoms with Crippen molar-refractivity contribution in [1.29, 1.82) is 0 Å². The minimum atomic E-state index is -0.0578. The van der Waals surface area contributed by atoms with E-state index in [1.165, 1.54) is 37.7 Å². The van der Waals surface area contributed by atoms with Crippen LogP contribution in [0.5, 0.6) is 0 Å². The summed E-state index contributed by atoms with van der Waals surface area (Å²) >= 11 is 0. The summed E-state index contributed by atoms with van der Waals surface area (Å²) in [6.07, 6.45) is 17.0. The van der Waals surface area contributed by atoms with E-state index in [9.17, 15) is 5.11 Å². The third kappa shape index (κ3) is 2.15. The van der Waals surface area contributed by atoms with Gasteiger partial charge in [0.25, 0.3) is 0 Å². The predicted octanol–water partition coefficient (Wildman–Crippen LogP) is 4.02. The first-order chi connectivity index (χ1) is 10.8. The zero-order chi connectivity index (χ0) is 15.2. The molecule has 120 valence electrons. The van der Waals surface area contributed by atoms with Gasteiger partial charge in [-0.3, -0.25) is 0 Å². The molecule has 22 heavy (non-hydrogen) atoms. The van der Waals surface area contributed by atoms with Crippen LogP contribution in [-0.2, 0) is 4.74 Å². The van der Waals surface area contributed by atoms with E-state index >= 15 is 0 Å². The summed E-state index contributed by atoms with van der Waals surface area (Å²) in [5.41, 5.74) is 2.94. The van der Waals surface area contributed by atoms with E-state index in [4.69, 9.17) is 4.74 Å². The number of allylic oxidation sites excluding steroid dienone is 4. The monoisotopic (exact) mass is 300 g/mol. The summed E-state index contributed by atoms with van der Waals surface area (Å²) < 4.78 is 5.90. The van der Waals surface area contributed by atoms with Gasteiger partial charge in [0.15, 0.2) is 0 Å². The molecule has 0 heterocycles. The molecule has 2 saturated carbocycles. The molecular weight excluding hydrogens is 272 g/mol. The Kier molecular flexibility index (Phi) is 3.78. The van der Waals surface area contributed by atoms with Crippen LogP contribution in [0.1, 0.15) is 45.4 Å². The van der Waals surface area contributed by atoms with Crippen LogP contribution in [0.4, 0.5) is 0 Å². The van der Waals surface area contributed by atoms with Gasteiger partial charge in [-0.1, -0.05) is 24.3 Å². The molecule has 4 aliphatic rings. The standard InChI is InChI=1S/C20H28O2/c1-2-22-15-6-8-16-14(12-15)5-7-18-17(16)9-11-20(13-21)10-3-4-19(18)20/h3-4,7,10,14-17,21H,2,5-6,8-9,11-13H2,1H3/t14?,15?,16-,17+,20-/m0/s1. The Balaban J connectivity index is 1.57. The van der Waals surface area contributed by atoms with Crippen molar-refractivity contribution >= 4 is 0 Å². The Morgan fingerprint density at radius 1 is 1.32 bits per heavy atom. The zero-order valence-electron chi connectivity index (χ0n) is 13.6. The summed E-state index contributed by atoms with van der Waals surface area (Å²) in [4.78, 5) is 0. The molecule has 0 aromatic carbocycles. The van der Waals surface area contributed by atoms with Gasteiger partial charge in [0, 0.05) is 12.0 Å². The summed E-state index contributed by atoms with van der Waals surface area (Å²) in [6, 6.07) is 0. The van der Waals surface area contributed by atoms with E-state index in [1.807, 2.05) is 0 Å². The minimum Gasteiger partial charge on any atom is -0.395 e. The minimum absolute atomic E-state index is 0.0578. The Hall–Kier alpha value is -0.860. The van der Waals surface area contributed by atoms with Crippen molar-refractivity contribution in [3.05, 3.63) is 35.5 Å². The van der Waals surface area contributed by atoms with E-state index in [2.05, 4.69) is 31.2 Å². The lowest BCUT2D eigenvalue weighted by atomic mass is 9.56. The first kappa shape index (κ1) is 14.7. The summed E-state index contributed by atoms with van der Waals surface area (Å²) in [5.74, 6) is 2.39. The van der Waals surface area contributed by atoms with Gasteiger partial charge in [0.2, 0.25) is 0 Å². The van der Waals surface area contributed by atoms with Crippen molar-refractivity contribution in [2.75, 3.05) is 13.2 Å². The smallest absolute Gasteiger partial charge is 0.0578 e. The SMILES string of the molecule is CCOC1CC[C@H]2C(CC=C3C4=CC=C[C@@]4(CO)CC[C@@H]32)C1. The molecule has 0 amide bonds. The molecule has 2 unspecified atom stereocenters. The predicted molar refractivity (Wildman–Crippen MR) is 88.4 cm³/mol. The number of rotatable bonds is 3. The van der Waals surface area contributed by atoms with Crippen LogP contribution in [0.3, 0.4) is 0 Å². The second-order valence-electron chi connectivity index (χ2n) is 7.61. The first-order valence-corrected chi connectivity index (χ1v) is 9.10. The van der Waals surface area contributed by atoms with Crippen molar-refractivity contribution < 1.29 is 9.84 Å². The number of ether oxygens (including phenoxy) is 1. The van der Waals surface area contributed by atoms with E-state index < -0.39 is 0 Å². The fraction of sp³-hybridized carbons (Fsp3) is 0.700. The normalized spacial score (nSPS) is 43.0. The van der Waals surface area contributed by atoms with E-state index in [0.29, 0.717) is 6.10 Å². The molecule has 0 saturated heterocycles. The van der Waals surface area contributed by atoms with Crippen molar-refractivity contribution in [3.8, 4) is 0 Å². The molecule has 2 fully saturated rings. The van der Waals surface area contributed by atoms with Gasteiger partial charge < -0.3 is 9.84 Å². The second-order valence-corrected chi connectivity index (χ2v) is 7.61. The van der Waals surface area contributed by atoms with Crippen LogP contribution >= 0.6 is 0 Å². The summed E-state index contributed by atoms with van der Waals surface area (Å²) in [6.45, 7) is 3.23. The molecule has 0 spiro atoms. The molecule has 2 heteroatoms. The van der Waals surface area contributed by atoms with Crippen LogP contribution < -0.4 is 0 Å². The lowest BCUT2D eigenvalue weighted by Crippen LogP contribution is -2.41. The van der Waals surface area contributed by atoms with Gasteiger partial charge in [-0.05, 0) is 74.3 Å². The third-order valence-corrected chi connectivity index (χ3v) is 6.66. The maximum Gasteiger partial charge on any atom is 0.0578 e. The molecule has 5 atom stereocenters. The lowest BCUT2D eigenvalue weighted by molar-refractivity contribution is -0.0110. The summed E-state index contributed by atoms with van der Waals surface area (Å²) in [7, 11) is 0. The average molecular weight is 300 g/mol. The van der Waals surface area contributed by atoms with Crippen molar-refractivity contribution in [2.24, 2.45) is 23.2 Å². The highest BCUT2D eigenvalue weighted by atomic mass is 16.5. The molecule has 4 rings (SSSR count). The van der Waals surface area contributed by atoms with E-state index in [0.717, 1.165) is 30.8 Å². The van der Waals surface area contributed by atoms with Crippen LogP contribution in [0.2, 0.25) is 0 Å². The Labute approximate surface area is 133 Å².